The predicted molar refractivity (Wildman–Crippen MR) is 172 cm³/mol. The van der Waals surface area contributed by atoms with E-state index in [1.807, 2.05) is 77.9 Å². The summed E-state index contributed by atoms with van der Waals surface area (Å²) in [5.41, 5.74) is 4.73. The molecule has 0 saturated heterocycles. The Kier molecular flexibility index (Phi) is 13.1. The second-order valence-corrected chi connectivity index (χ2v) is 12.6. The molecule has 3 unspecified atom stereocenters. The molecule has 0 fully saturated rings. The maximum absolute atomic E-state index is 14.6. The van der Waals surface area contributed by atoms with E-state index in [4.69, 9.17) is 4.74 Å². The average Bonchev–Trinajstić information content (AvgIpc) is 2.90. The summed E-state index contributed by atoms with van der Waals surface area (Å²) in [6.07, 6.45) is 3.80. The van der Waals surface area contributed by atoms with Gasteiger partial charge in [0.05, 0.1) is 0 Å². The maximum atomic E-state index is 14.6. The molecule has 3 atom stereocenters. The first-order valence-electron chi connectivity index (χ1n) is 15.4. The third-order valence-electron chi connectivity index (χ3n) is 7.70. The van der Waals surface area contributed by atoms with Crippen LogP contribution in [0.1, 0.15) is 108 Å². The van der Waals surface area contributed by atoms with Crippen molar-refractivity contribution < 1.29 is 19.1 Å². The van der Waals surface area contributed by atoms with Crippen LogP contribution in [0, 0.1) is 33.6 Å². The van der Waals surface area contributed by atoms with E-state index < -0.39 is 23.8 Å². The van der Waals surface area contributed by atoms with E-state index in [9.17, 15) is 14.4 Å². The number of benzene rings is 2. The number of unbranched alkanes of at least 4 members (excludes halogenated alkanes) is 3. The van der Waals surface area contributed by atoms with Crippen LogP contribution in [-0.4, -0.2) is 41.0 Å². The number of carbonyl (C=O) groups excluding carboxylic acids is 3. The number of nitrogens with one attached hydrogen (secondary N) is 2. The molecule has 42 heavy (non-hydrogen) atoms. The van der Waals surface area contributed by atoms with Crippen LogP contribution in [0.5, 0.6) is 0 Å². The summed E-state index contributed by atoms with van der Waals surface area (Å²) in [6, 6.07) is 10.1. The zero-order valence-electron chi connectivity index (χ0n) is 27.5. The number of para-hydroxylation sites is 1. The first-order chi connectivity index (χ1) is 19.7. The van der Waals surface area contributed by atoms with Crippen LogP contribution in [0.3, 0.4) is 0 Å². The first kappa shape index (κ1) is 34.8. The zero-order valence-corrected chi connectivity index (χ0v) is 27.5. The summed E-state index contributed by atoms with van der Waals surface area (Å²) < 4.78 is 5.54. The van der Waals surface area contributed by atoms with Crippen LogP contribution in [0.4, 0.5) is 10.5 Å². The molecular weight excluding hydrogens is 526 g/mol. The van der Waals surface area contributed by atoms with Gasteiger partial charge in [0, 0.05) is 12.2 Å². The van der Waals surface area contributed by atoms with Crippen LogP contribution in [-0.2, 0) is 14.3 Å². The second-order valence-electron chi connectivity index (χ2n) is 12.6. The van der Waals surface area contributed by atoms with Gasteiger partial charge in [-0.1, -0.05) is 88.4 Å². The van der Waals surface area contributed by atoms with Crippen molar-refractivity contribution >= 4 is 23.6 Å². The molecule has 0 aromatic heterocycles. The first-order valence-corrected chi connectivity index (χ1v) is 15.4. The molecule has 0 aliphatic carbocycles. The monoisotopic (exact) mass is 579 g/mol. The highest BCUT2D eigenvalue weighted by atomic mass is 16.6. The summed E-state index contributed by atoms with van der Waals surface area (Å²) >= 11 is 0. The minimum Gasteiger partial charge on any atom is -0.444 e. The minimum atomic E-state index is -0.884. The van der Waals surface area contributed by atoms with Crippen molar-refractivity contribution in [1.82, 2.24) is 10.2 Å². The number of hydrogen-bond acceptors (Lipinski definition) is 4. The summed E-state index contributed by atoms with van der Waals surface area (Å²) in [5.74, 6) is -0.735. The van der Waals surface area contributed by atoms with Crippen LogP contribution < -0.4 is 10.6 Å². The van der Waals surface area contributed by atoms with Crippen molar-refractivity contribution in [2.24, 2.45) is 5.92 Å². The number of alkyl carbamates (subject to hydrolysis) is 1. The van der Waals surface area contributed by atoms with Crippen molar-refractivity contribution in [2.75, 3.05) is 11.9 Å². The molecular formula is C35H53N3O4. The van der Waals surface area contributed by atoms with Crippen LogP contribution in [0.2, 0.25) is 0 Å². The molecule has 0 aliphatic heterocycles. The Morgan fingerprint density at radius 3 is 2.10 bits per heavy atom. The van der Waals surface area contributed by atoms with Gasteiger partial charge in [0.1, 0.15) is 17.7 Å². The maximum Gasteiger partial charge on any atom is 0.408 e. The van der Waals surface area contributed by atoms with Gasteiger partial charge >= 0.3 is 6.09 Å². The third kappa shape index (κ3) is 9.88. The lowest BCUT2D eigenvalue weighted by molar-refractivity contribution is -0.142. The Morgan fingerprint density at radius 1 is 0.905 bits per heavy atom. The van der Waals surface area contributed by atoms with E-state index in [-0.39, 0.29) is 17.7 Å². The molecule has 232 valence electrons. The Balaban J connectivity index is 2.65. The summed E-state index contributed by atoms with van der Waals surface area (Å²) in [5, 5.41) is 6.02. The fraction of sp³-hybridized carbons (Fsp3) is 0.571. The smallest absolute Gasteiger partial charge is 0.408 e. The SMILES string of the molecule is CCCCCCN(C(=O)C(NC(=O)OC(C)(C)C)C(C)CC)C(C(=O)Nc1c(C)cccc1C)c1ccc(C)cc1C. The molecule has 0 spiro atoms. The summed E-state index contributed by atoms with van der Waals surface area (Å²) in [6.45, 7) is 19.8. The number of hydrogen-bond donors (Lipinski definition) is 2. The lowest BCUT2D eigenvalue weighted by Gasteiger charge is -2.37. The van der Waals surface area contributed by atoms with Crippen molar-refractivity contribution in [2.45, 2.75) is 119 Å². The molecule has 7 heteroatoms. The molecule has 2 rings (SSSR count). The Hall–Kier alpha value is -3.35. The fourth-order valence-electron chi connectivity index (χ4n) is 5.16. The van der Waals surface area contributed by atoms with Crippen LogP contribution in [0.25, 0.3) is 0 Å². The van der Waals surface area contributed by atoms with Gasteiger partial charge in [0.15, 0.2) is 0 Å². The molecule has 0 aliphatic rings. The van der Waals surface area contributed by atoms with Crippen LogP contribution >= 0.6 is 0 Å². The Bertz CT molecular complexity index is 1200. The van der Waals surface area contributed by atoms with E-state index >= 15 is 0 Å². The number of carbonyl (C=O) groups is 3. The lowest BCUT2D eigenvalue weighted by Crippen LogP contribution is -2.55. The number of rotatable bonds is 13. The van der Waals surface area contributed by atoms with Gasteiger partial charge in [0.2, 0.25) is 5.91 Å². The van der Waals surface area contributed by atoms with Gasteiger partial charge in [-0.05, 0) is 83.1 Å². The number of aryl methyl sites for hydroxylation is 4. The van der Waals surface area contributed by atoms with E-state index in [1.165, 1.54) is 0 Å². The fourth-order valence-corrected chi connectivity index (χ4v) is 5.16. The van der Waals surface area contributed by atoms with Gasteiger partial charge in [-0.25, -0.2) is 4.79 Å². The molecule has 0 heterocycles. The highest BCUT2D eigenvalue weighted by molar-refractivity contribution is 6.00. The van der Waals surface area contributed by atoms with Crippen molar-refractivity contribution in [3.05, 3.63) is 64.2 Å². The van der Waals surface area contributed by atoms with E-state index in [1.54, 1.807) is 25.7 Å². The minimum absolute atomic E-state index is 0.176. The zero-order chi connectivity index (χ0) is 31.6. The summed E-state index contributed by atoms with van der Waals surface area (Å²) in [4.78, 5) is 43.5. The van der Waals surface area contributed by atoms with Gasteiger partial charge in [-0.2, -0.15) is 0 Å². The average molecular weight is 580 g/mol. The highest BCUT2D eigenvalue weighted by Gasteiger charge is 2.38. The number of amides is 3. The van der Waals surface area contributed by atoms with Crippen molar-refractivity contribution in [3.8, 4) is 0 Å². The van der Waals surface area contributed by atoms with Gasteiger partial charge in [-0.3, -0.25) is 9.59 Å². The highest BCUT2D eigenvalue weighted by Crippen LogP contribution is 2.30. The topological polar surface area (TPSA) is 87.7 Å². The molecule has 2 N–H and O–H groups in total. The van der Waals surface area contributed by atoms with Crippen molar-refractivity contribution in [3.63, 3.8) is 0 Å². The van der Waals surface area contributed by atoms with E-state index in [0.717, 1.165) is 59.2 Å². The molecule has 0 saturated carbocycles. The number of nitrogens with zero attached hydrogens (tertiary/aromatic N) is 1. The number of ether oxygens (including phenoxy) is 1. The van der Waals surface area contributed by atoms with E-state index in [2.05, 4.69) is 17.6 Å². The normalized spacial score (nSPS) is 13.6. The predicted octanol–water partition coefficient (Wildman–Crippen LogP) is 7.95. The lowest BCUT2D eigenvalue weighted by atomic mass is 9.93. The van der Waals surface area contributed by atoms with E-state index in [0.29, 0.717) is 13.0 Å². The molecule has 2 aromatic rings. The molecule has 0 bridgehead atoms. The third-order valence-corrected chi connectivity index (χ3v) is 7.70. The number of anilines is 1. The van der Waals surface area contributed by atoms with Crippen LogP contribution in [0.15, 0.2) is 36.4 Å². The Morgan fingerprint density at radius 2 is 1.55 bits per heavy atom. The summed E-state index contributed by atoms with van der Waals surface area (Å²) in [7, 11) is 0. The molecule has 2 aromatic carbocycles. The molecule has 0 radical (unpaired) electrons. The van der Waals surface area contributed by atoms with Gasteiger partial charge in [0.25, 0.3) is 5.91 Å². The second kappa shape index (κ2) is 15.8. The van der Waals surface area contributed by atoms with Gasteiger partial charge in [-0.15, -0.1) is 0 Å². The largest absolute Gasteiger partial charge is 0.444 e. The van der Waals surface area contributed by atoms with Gasteiger partial charge < -0.3 is 20.3 Å². The standard InChI is InChI=1S/C35H53N3O4/c1-11-13-14-15-21-38(33(40)30(24(4)12-2)37-34(41)42-35(8,9)10)31(28-20-19-23(3)22-27(28)7)32(39)36-29-25(5)17-16-18-26(29)6/h16-20,22,24,30-31H,11-15,21H2,1-10H3,(H,36,39)(H,37,41). The van der Waals surface area contributed by atoms with Crippen molar-refractivity contribution in [1.29, 1.82) is 0 Å². The Labute approximate surface area is 253 Å². The molecule has 7 nitrogen and oxygen atoms in total. The quantitative estimate of drug-likeness (QED) is 0.236. The molecule has 3 amide bonds.